The van der Waals surface area contributed by atoms with Crippen LogP contribution >= 0.6 is 11.6 Å². The molecule has 11 heteroatoms. The van der Waals surface area contributed by atoms with E-state index < -0.39 is 11.7 Å². The Bertz CT molecular complexity index is 1240. The van der Waals surface area contributed by atoms with Crippen molar-refractivity contribution in [3.8, 4) is 17.3 Å². The van der Waals surface area contributed by atoms with Crippen molar-refractivity contribution in [1.82, 2.24) is 25.1 Å². The molecule has 2 aromatic heterocycles. The number of carbonyl (C=O) groups excluding carboxylic acids is 2. The lowest BCUT2D eigenvalue weighted by Gasteiger charge is -2.23. The average Bonchev–Trinajstić information content (AvgIpc) is 3.41. The maximum atomic E-state index is 12.6. The van der Waals surface area contributed by atoms with E-state index >= 15 is 0 Å². The van der Waals surface area contributed by atoms with E-state index in [2.05, 4.69) is 20.4 Å². The van der Waals surface area contributed by atoms with Gasteiger partial charge in [-0.1, -0.05) is 17.7 Å². The van der Waals surface area contributed by atoms with Gasteiger partial charge in [0.2, 0.25) is 5.95 Å². The third-order valence-electron chi connectivity index (χ3n) is 4.66. The second kappa shape index (κ2) is 9.97. The molecule has 0 radical (unpaired) electrons. The number of imidazole rings is 1. The first-order valence-electron chi connectivity index (χ1n) is 10.5. The molecular formula is C23H26ClN7O3. The fourth-order valence-electron chi connectivity index (χ4n) is 3.02. The number of nitrogens with one attached hydrogen (secondary N) is 2. The van der Waals surface area contributed by atoms with Crippen LogP contribution in [0.3, 0.4) is 0 Å². The lowest BCUT2D eigenvalue weighted by atomic mass is 10.1. The molecule has 0 unspecified atom stereocenters. The van der Waals surface area contributed by atoms with Crippen molar-refractivity contribution in [1.29, 1.82) is 5.26 Å². The van der Waals surface area contributed by atoms with Crippen molar-refractivity contribution in [3.05, 3.63) is 52.9 Å². The van der Waals surface area contributed by atoms with E-state index in [-0.39, 0.29) is 23.6 Å². The molecule has 3 aromatic rings. The van der Waals surface area contributed by atoms with Crippen molar-refractivity contribution >= 4 is 29.5 Å². The van der Waals surface area contributed by atoms with Crippen LogP contribution in [0.1, 0.15) is 43.7 Å². The Kier molecular flexibility index (Phi) is 7.27. The monoisotopic (exact) mass is 483 g/mol. The number of anilines is 1. The zero-order valence-corrected chi connectivity index (χ0v) is 20.3. The van der Waals surface area contributed by atoms with E-state index in [1.54, 1.807) is 49.8 Å². The summed E-state index contributed by atoms with van der Waals surface area (Å²) in [5.41, 5.74) is 1.46. The van der Waals surface area contributed by atoms with Gasteiger partial charge >= 0.3 is 6.09 Å². The quantitative estimate of drug-likeness (QED) is 0.545. The molecule has 0 saturated carbocycles. The summed E-state index contributed by atoms with van der Waals surface area (Å²) in [6, 6.07) is 8.74. The summed E-state index contributed by atoms with van der Waals surface area (Å²) in [5.74, 6) is -0.167. The number of amides is 2. The minimum absolute atomic E-state index is 0.199. The largest absolute Gasteiger partial charge is 0.443 e. The Morgan fingerprint density at radius 3 is 2.74 bits per heavy atom. The average molecular weight is 484 g/mol. The molecule has 0 spiro atoms. The van der Waals surface area contributed by atoms with Gasteiger partial charge in [0, 0.05) is 24.8 Å². The highest BCUT2D eigenvalue weighted by Gasteiger charge is 2.23. The van der Waals surface area contributed by atoms with Crippen LogP contribution in [0.5, 0.6) is 0 Å². The number of H-pyrrole nitrogens is 1. The number of aromatic nitrogens is 4. The predicted molar refractivity (Wildman–Crippen MR) is 128 cm³/mol. The summed E-state index contributed by atoms with van der Waals surface area (Å²) in [6.07, 6.45) is 2.58. The Hall–Kier alpha value is -3.84. The number of benzene rings is 1. The molecule has 2 heterocycles. The van der Waals surface area contributed by atoms with Gasteiger partial charge in [-0.25, -0.2) is 9.78 Å². The summed E-state index contributed by atoms with van der Waals surface area (Å²) in [5, 5.41) is 16.8. The molecule has 2 amide bonds. The maximum Gasteiger partial charge on any atom is 0.416 e. The normalized spacial score (nSPS) is 12.0. The summed E-state index contributed by atoms with van der Waals surface area (Å²) in [6.45, 7) is 7.58. The van der Waals surface area contributed by atoms with Crippen molar-refractivity contribution < 1.29 is 14.3 Å². The molecule has 10 nitrogen and oxygen atoms in total. The van der Waals surface area contributed by atoms with Crippen LogP contribution in [0.25, 0.3) is 11.3 Å². The fourth-order valence-corrected chi connectivity index (χ4v) is 3.25. The lowest BCUT2D eigenvalue weighted by molar-refractivity contribution is 0.0587. The molecule has 2 N–H and O–H groups in total. The van der Waals surface area contributed by atoms with E-state index in [0.29, 0.717) is 22.8 Å². The van der Waals surface area contributed by atoms with Gasteiger partial charge in [0.25, 0.3) is 5.91 Å². The number of carbonyl (C=O) groups is 2. The minimum atomic E-state index is -0.647. The van der Waals surface area contributed by atoms with E-state index in [1.807, 2.05) is 19.1 Å². The Morgan fingerprint density at radius 1 is 1.35 bits per heavy atom. The number of hydrogen-bond acceptors (Lipinski definition) is 6. The Labute approximate surface area is 202 Å². The van der Waals surface area contributed by atoms with Crippen LogP contribution in [0.4, 0.5) is 10.7 Å². The van der Waals surface area contributed by atoms with Crippen molar-refractivity contribution in [2.75, 3.05) is 11.9 Å². The van der Waals surface area contributed by atoms with E-state index in [1.165, 1.54) is 18.1 Å². The first-order valence-corrected chi connectivity index (χ1v) is 10.9. The van der Waals surface area contributed by atoms with E-state index in [9.17, 15) is 9.59 Å². The van der Waals surface area contributed by atoms with Crippen molar-refractivity contribution in [2.24, 2.45) is 0 Å². The Balaban J connectivity index is 1.59. The highest BCUT2D eigenvalue weighted by atomic mass is 35.5. The number of rotatable bonds is 6. The topological polar surface area (TPSA) is 129 Å². The number of nitrogens with zero attached hydrogens (tertiary/aromatic N) is 5. The van der Waals surface area contributed by atoms with Crippen LogP contribution in [-0.2, 0) is 11.3 Å². The van der Waals surface area contributed by atoms with Crippen molar-refractivity contribution in [2.45, 2.75) is 45.9 Å². The smallest absolute Gasteiger partial charge is 0.416 e. The molecule has 178 valence electrons. The first kappa shape index (κ1) is 24.8. The van der Waals surface area contributed by atoms with E-state index in [4.69, 9.17) is 21.6 Å². The van der Waals surface area contributed by atoms with Gasteiger partial charge in [-0.2, -0.15) is 10.4 Å². The number of aromatic amines is 1. The van der Waals surface area contributed by atoms with Gasteiger partial charge in [0.1, 0.15) is 17.4 Å². The molecule has 0 aliphatic heterocycles. The second-order valence-corrected chi connectivity index (χ2v) is 9.17. The standard InChI is InChI=1S/C23H26ClN7O3/c1-14(13-31-9-8-18(29-31)15-6-7-16(11-25)17(24)10-15)27-20(32)19-12-26-21(28-19)30(5)22(33)34-23(2,3)4/h6-10,12,14H,13H2,1-5H3,(H,26,28)(H,27,32)/t14-/m1/s1. The van der Waals surface area contributed by atoms with Gasteiger partial charge < -0.3 is 15.0 Å². The highest BCUT2D eigenvalue weighted by molar-refractivity contribution is 6.32. The number of hydrogen-bond donors (Lipinski definition) is 2. The van der Waals surface area contributed by atoms with E-state index in [0.717, 1.165) is 5.56 Å². The molecule has 0 bridgehead atoms. The zero-order valence-electron chi connectivity index (χ0n) is 19.6. The van der Waals surface area contributed by atoms with Gasteiger partial charge in [0.15, 0.2) is 0 Å². The first-order chi connectivity index (χ1) is 16.0. The minimum Gasteiger partial charge on any atom is -0.443 e. The van der Waals surface area contributed by atoms with Gasteiger partial charge in [0.05, 0.1) is 29.0 Å². The molecule has 1 atom stereocenters. The van der Waals surface area contributed by atoms with Gasteiger partial charge in [-0.05, 0) is 45.9 Å². The van der Waals surface area contributed by atoms with Crippen molar-refractivity contribution in [3.63, 3.8) is 0 Å². The molecule has 0 aliphatic carbocycles. The molecule has 0 fully saturated rings. The Morgan fingerprint density at radius 2 is 2.09 bits per heavy atom. The number of nitriles is 1. The SMILES string of the molecule is C[C@H](Cn1ccc(-c2ccc(C#N)c(Cl)c2)n1)NC(=O)c1cnc(N(C)C(=O)OC(C)(C)C)[nH]1. The van der Waals surface area contributed by atoms with Crippen LogP contribution in [-0.4, -0.2) is 50.4 Å². The summed E-state index contributed by atoms with van der Waals surface area (Å²) < 4.78 is 7.01. The zero-order chi connectivity index (χ0) is 25.0. The number of ether oxygens (including phenoxy) is 1. The molecule has 0 saturated heterocycles. The summed E-state index contributed by atoms with van der Waals surface area (Å²) in [7, 11) is 1.51. The molecular weight excluding hydrogens is 458 g/mol. The van der Waals surface area contributed by atoms with Crippen LogP contribution in [0, 0.1) is 11.3 Å². The predicted octanol–water partition coefficient (Wildman–Crippen LogP) is 3.99. The molecule has 3 rings (SSSR count). The lowest BCUT2D eigenvalue weighted by Crippen LogP contribution is -2.36. The second-order valence-electron chi connectivity index (χ2n) is 8.76. The molecule has 0 aliphatic rings. The van der Waals surface area contributed by atoms with Crippen LogP contribution in [0.15, 0.2) is 36.7 Å². The third kappa shape index (κ3) is 6.14. The van der Waals surface area contributed by atoms with Crippen LogP contribution < -0.4 is 10.2 Å². The molecule has 1 aromatic carbocycles. The summed E-state index contributed by atoms with van der Waals surface area (Å²) in [4.78, 5) is 32.9. The van der Waals surface area contributed by atoms with Gasteiger partial charge in [-0.15, -0.1) is 0 Å². The third-order valence-corrected chi connectivity index (χ3v) is 4.97. The fraction of sp³-hybridized carbons (Fsp3) is 0.348. The maximum absolute atomic E-state index is 12.6. The number of halogens is 1. The summed E-state index contributed by atoms with van der Waals surface area (Å²) >= 11 is 6.11. The van der Waals surface area contributed by atoms with Gasteiger partial charge in [-0.3, -0.25) is 14.4 Å². The van der Waals surface area contributed by atoms with Crippen LogP contribution in [0.2, 0.25) is 5.02 Å². The molecule has 34 heavy (non-hydrogen) atoms. The highest BCUT2D eigenvalue weighted by Crippen LogP contribution is 2.24.